The maximum Gasteiger partial charge on any atom is 0.472 e. The molecule has 0 amide bonds. The van der Waals surface area contributed by atoms with Crippen LogP contribution in [0.15, 0.2) is 0 Å². The molecule has 4 unspecified atom stereocenters. The summed E-state index contributed by atoms with van der Waals surface area (Å²) in [5, 5.41) is 10.6. The van der Waals surface area contributed by atoms with Crippen LogP contribution in [0.2, 0.25) is 0 Å². The van der Waals surface area contributed by atoms with E-state index in [2.05, 4.69) is 55.4 Å². The number of aliphatic hydroxyl groups is 1. The molecule has 17 nitrogen and oxygen atoms in total. The summed E-state index contributed by atoms with van der Waals surface area (Å²) < 4.78 is 68.6. The van der Waals surface area contributed by atoms with Crippen LogP contribution in [0.1, 0.15) is 402 Å². The van der Waals surface area contributed by atoms with Gasteiger partial charge in [-0.05, 0) is 49.4 Å². The Hall–Kier alpha value is -1.94. The highest BCUT2D eigenvalue weighted by atomic mass is 31.2. The number of unbranched alkanes of at least 4 members (excludes halogenated alkanes) is 41. The Balaban J connectivity index is 5.17. The van der Waals surface area contributed by atoms with Gasteiger partial charge in [-0.1, -0.05) is 351 Å². The number of aliphatic hydroxyl groups excluding tert-OH is 1. The fraction of sp³-hybridized carbons (Fsp3) is 0.949. The van der Waals surface area contributed by atoms with Gasteiger partial charge in [-0.25, -0.2) is 9.13 Å². The molecular weight excluding hydrogens is 1280 g/mol. The van der Waals surface area contributed by atoms with Crippen molar-refractivity contribution >= 4 is 39.5 Å². The average Bonchev–Trinajstić information content (AvgIpc) is 1.02. The Kier molecular flexibility index (Phi) is 66.8. The molecule has 0 aliphatic carbocycles. The summed E-state index contributed by atoms with van der Waals surface area (Å²) in [5.41, 5.74) is 0. The van der Waals surface area contributed by atoms with Gasteiger partial charge in [0.25, 0.3) is 0 Å². The lowest BCUT2D eigenvalue weighted by Crippen LogP contribution is -2.30. The largest absolute Gasteiger partial charge is 0.472 e. The Morgan fingerprint density at radius 3 is 0.724 bits per heavy atom. The summed E-state index contributed by atoms with van der Waals surface area (Å²) in [4.78, 5) is 72.9. The van der Waals surface area contributed by atoms with Gasteiger partial charge >= 0.3 is 39.5 Å². The highest BCUT2D eigenvalue weighted by molar-refractivity contribution is 7.47. The standard InChI is InChI=1S/C79H154O17P2/c1-9-72(8)58-50-42-34-25-18-16-14-12-10-11-13-15-17-19-26-35-43-51-59-76(81)89-65-74(96-79(84)62-54-46-38-28-22-24-32-40-48-56-70(4)5)67-93-97(85,86)91-63-73(80)64-92-98(87,88)94-68-75(66-90-77(82)60-52-44-36-30-29-33-41-49-57-71(6)7)95-78(83)61-53-45-37-27-21-20-23-31-39-47-55-69(2)3/h69-75,80H,9-68H2,1-8H3,(H,85,86)(H,87,88)/t72?,73?,74-,75-/m1/s1. The average molecular weight is 1440 g/mol. The lowest BCUT2D eigenvalue weighted by molar-refractivity contribution is -0.161. The SMILES string of the molecule is CCC(C)CCCCCCCCCCCCCCCCCCCCC(=O)OC[C@H](COP(=O)(O)OCC(O)COP(=O)(O)OC[C@@H](COC(=O)CCCCCCCCCCC(C)C)OC(=O)CCCCCCCCCCCCC(C)C)OC(=O)CCCCCCCCCCCC(C)C. The van der Waals surface area contributed by atoms with Crippen molar-refractivity contribution in [3.8, 4) is 0 Å². The Labute approximate surface area is 600 Å². The number of hydrogen-bond donors (Lipinski definition) is 3. The number of carbonyl (C=O) groups is 4. The van der Waals surface area contributed by atoms with Crippen molar-refractivity contribution in [3.05, 3.63) is 0 Å². The molecule has 0 aliphatic rings. The van der Waals surface area contributed by atoms with Crippen LogP contribution in [0.25, 0.3) is 0 Å². The quantitative estimate of drug-likeness (QED) is 0.0222. The highest BCUT2D eigenvalue weighted by Crippen LogP contribution is 2.45. The fourth-order valence-electron chi connectivity index (χ4n) is 12.0. The van der Waals surface area contributed by atoms with E-state index < -0.39 is 97.5 Å². The third-order valence-electron chi connectivity index (χ3n) is 18.7. The maximum absolute atomic E-state index is 13.1. The van der Waals surface area contributed by atoms with Crippen LogP contribution >= 0.6 is 15.6 Å². The van der Waals surface area contributed by atoms with Gasteiger partial charge in [0, 0.05) is 25.7 Å². The first-order valence-electron chi connectivity index (χ1n) is 40.7. The van der Waals surface area contributed by atoms with E-state index in [1.54, 1.807) is 0 Å². The molecular formula is C79H154O17P2. The minimum Gasteiger partial charge on any atom is -0.462 e. The van der Waals surface area contributed by atoms with Crippen molar-refractivity contribution in [2.24, 2.45) is 23.7 Å². The van der Waals surface area contributed by atoms with Gasteiger partial charge in [-0.3, -0.25) is 37.3 Å². The topological polar surface area (TPSA) is 237 Å². The molecule has 0 heterocycles. The molecule has 582 valence electrons. The van der Waals surface area contributed by atoms with E-state index in [1.165, 1.54) is 205 Å². The van der Waals surface area contributed by atoms with E-state index in [-0.39, 0.29) is 25.7 Å². The van der Waals surface area contributed by atoms with Crippen molar-refractivity contribution in [3.63, 3.8) is 0 Å². The molecule has 0 rings (SSSR count). The zero-order chi connectivity index (χ0) is 72.4. The van der Waals surface area contributed by atoms with E-state index in [0.29, 0.717) is 25.7 Å². The minimum atomic E-state index is -4.96. The van der Waals surface area contributed by atoms with Gasteiger partial charge in [0.15, 0.2) is 12.2 Å². The van der Waals surface area contributed by atoms with Gasteiger partial charge in [-0.15, -0.1) is 0 Å². The Morgan fingerprint density at radius 1 is 0.286 bits per heavy atom. The van der Waals surface area contributed by atoms with Gasteiger partial charge in [0.2, 0.25) is 0 Å². The first kappa shape index (κ1) is 96.1. The van der Waals surface area contributed by atoms with Crippen molar-refractivity contribution in [2.45, 2.75) is 420 Å². The van der Waals surface area contributed by atoms with Crippen molar-refractivity contribution in [1.29, 1.82) is 0 Å². The summed E-state index contributed by atoms with van der Waals surface area (Å²) >= 11 is 0. The second-order valence-electron chi connectivity index (χ2n) is 30.1. The molecule has 19 heteroatoms. The summed E-state index contributed by atoms with van der Waals surface area (Å²) in [7, 11) is -9.92. The summed E-state index contributed by atoms with van der Waals surface area (Å²) in [6.07, 6.45) is 54.3. The normalized spacial score (nSPS) is 14.3. The molecule has 0 aromatic carbocycles. The lowest BCUT2D eigenvalue weighted by atomic mass is 9.99. The molecule has 0 aromatic rings. The smallest absolute Gasteiger partial charge is 0.462 e. The molecule has 3 N–H and O–H groups in total. The molecule has 98 heavy (non-hydrogen) atoms. The predicted octanol–water partition coefficient (Wildman–Crippen LogP) is 23.2. The molecule has 0 aromatic heterocycles. The van der Waals surface area contributed by atoms with Gasteiger partial charge in [0.1, 0.15) is 19.3 Å². The third kappa shape index (κ3) is 71.1. The number of phosphoric ester groups is 2. The fourth-order valence-corrected chi connectivity index (χ4v) is 13.6. The molecule has 0 saturated carbocycles. The van der Waals surface area contributed by atoms with Crippen LogP contribution in [-0.2, 0) is 65.4 Å². The number of carbonyl (C=O) groups excluding carboxylic acids is 4. The first-order chi connectivity index (χ1) is 47.1. The molecule has 0 saturated heterocycles. The number of ether oxygens (including phenoxy) is 4. The van der Waals surface area contributed by atoms with Crippen molar-refractivity contribution in [2.75, 3.05) is 39.6 Å². The zero-order valence-corrected chi connectivity index (χ0v) is 66.2. The van der Waals surface area contributed by atoms with E-state index in [0.717, 1.165) is 114 Å². The minimum absolute atomic E-state index is 0.105. The number of rotatable bonds is 76. The van der Waals surface area contributed by atoms with Gasteiger partial charge in [0.05, 0.1) is 26.4 Å². The first-order valence-corrected chi connectivity index (χ1v) is 43.7. The second-order valence-corrected chi connectivity index (χ2v) is 33.0. The highest BCUT2D eigenvalue weighted by Gasteiger charge is 2.30. The molecule has 0 bridgehead atoms. The van der Waals surface area contributed by atoms with E-state index in [9.17, 15) is 43.2 Å². The molecule has 0 radical (unpaired) electrons. The second kappa shape index (κ2) is 68.2. The van der Waals surface area contributed by atoms with Gasteiger partial charge in [-0.2, -0.15) is 0 Å². The summed E-state index contributed by atoms with van der Waals surface area (Å²) in [6, 6.07) is 0. The molecule has 0 aliphatic heterocycles. The summed E-state index contributed by atoms with van der Waals surface area (Å²) in [5.74, 6) is 0.969. The van der Waals surface area contributed by atoms with E-state index in [1.807, 2.05) is 0 Å². The molecule has 6 atom stereocenters. The predicted molar refractivity (Wildman–Crippen MR) is 400 cm³/mol. The monoisotopic (exact) mass is 1440 g/mol. The van der Waals surface area contributed by atoms with Crippen LogP contribution in [-0.4, -0.2) is 96.7 Å². The van der Waals surface area contributed by atoms with Crippen molar-refractivity contribution < 1.29 is 80.2 Å². The number of hydrogen-bond acceptors (Lipinski definition) is 15. The third-order valence-corrected chi connectivity index (χ3v) is 20.6. The maximum atomic E-state index is 13.1. The van der Waals surface area contributed by atoms with Crippen LogP contribution in [0.4, 0.5) is 0 Å². The number of phosphoric acid groups is 2. The molecule has 0 fully saturated rings. The van der Waals surface area contributed by atoms with E-state index >= 15 is 0 Å². The zero-order valence-electron chi connectivity index (χ0n) is 64.4. The van der Waals surface area contributed by atoms with Crippen LogP contribution in [0.3, 0.4) is 0 Å². The summed E-state index contributed by atoms with van der Waals surface area (Å²) in [6.45, 7) is 14.2. The number of esters is 4. The Bertz CT molecular complexity index is 1920. The van der Waals surface area contributed by atoms with Crippen LogP contribution < -0.4 is 0 Å². The lowest BCUT2D eigenvalue weighted by Gasteiger charge is -2.21. The van der Waals surface area contributed by atoms with Crippen LogP contribution in [0.5, 0.6) is 0 Å². The van der Waals surface area contributed by atoms with E-state index in [4.69, 9.17) is 37.0 Å². The van der Waals surface area contributed by atoms with Gasteiger partial charge < -0.3 is 33.8 Å². The van der Waals surface area contributed by atoms with Crippen LogP contribution in [0, 0.1) is 23.7 Å². The Morgan fingerprint density at radius 2 is 0.490 bits per heavy atom. The van der Waals surface area contributed by atoms with Crippen molar-refractivity contribution in [1.82, 2.24) is 0 Å². The molecule has 0 spiro atoms.